The molecule has 0 saturated carbocycles. The topological polar surface area (TPSA) is 89.3 Å². The van der Waals surface area contributed by atoms with Gasteiger partial charge < -0.3 is 19.7 Å². The second-order valence-corrected chi connectivity index (χ2v) is 8.03. The Morgan fingerprint density at radius 1 is 1.24 bits per heavy atom. The number of carbonyl (C=O) groups is 1. The highest BCUT2D eigenvalue weighted by atomic mass is 16.5. The van der Waals surface area contributed by atoms with Crippen molar-refractivity contribution in [3.05, 3.63) is 36.8 Å². The minimum atomic E-state index is -0.977. The standard InChI is InChI=1S/C22H30N4O3/c1-4-29-14-16(9-7-8-12-22(2,3)25-21(27)28)26-15-24-19-13-23-18-11-6-5-10-17(18)20(19)26/h5-6,10-11,13,15-16,25H,4,7-9,12,14H2,1-3H3,(H,27,28)/t16-/m0/s1. The molecule has 2 heterocycles. The highest BCUT2D eigenvalue weighted by molar-refractivity contribution is 6.01. The molecule has 2 aromatic heterocycles. The summed E-state index contributed by atoms with van der Waals surface area (Å²) in [6.07, 6.45) is 6.37. The first-order valence-corrected chi connectivity index (χ1v) is 10.2. The van der Waals surface area contributed by atoms with Crippen molar-refractivity contribution in [2.24, 2.45) is 0 Å². The van der Waals surface area contributed by atoms with Crippen molar-refractivity contribution >= 4 is 28.0 Å². The number of hydrogen-bond acceptors (Lipinski definition) is 4. The summed E-state index contributed by atoms with van der Waals surface area (Å²) in [5, 5.41) is 12.6. The second-order valence-electron chi connectivity index (χ2n) is 8.03. The normalized spacial score (nSPS) is 13.1. The minimum Gasteiger partial charge on any atom is -0.465 e. The minimum absolute atomic E-state index is 0.168. The number of nitrogens with one attached hydrogen (secondary N) is 1. The molecule has 1 amide bonds. The third-order valence-corrected chi connectivity index (χ3v) is 5.25. The molecule has 0 fully saturated rings. The van der Waals surface area contributed by atoms with Gasteiger partial charge in [0.15, 0.2) is 0 Å². The number of aromatic nitrogens is 3. The summed E-state index contributed by atoms with van der Waals surface area (Å²) < 4.78 is 7.99. The fourth-order valence-corrected chi connectivity index (χ4v) is 3.80. The number of benzene rings is 1. The number of rotatable bonds is 10. The van der Waals surface area contributed by atoms with Gasteiger partial charge in [-0.2, -0.15) is 0 Å². The van der Waals surface area contributed by atoms with Crippen LogP contribution in [0.3, 0.4) is 0 Å². The molecule has 29 heavy (non-hydrogen) atoms. The van der Waals surface area contributed by atoms with Crippen LogP contribution in [-0.4, -0.2) is 44.5 Å². The van der Waals surface area contributed by atoms with Gasteiger partial charge >= 0.3 is 6.09 Å². The van der Waals surface area contributed by atoms with Crippen LogP contribution in [0.5, 0.6) is 0 Å². The van der Waals surface area contributed by atoms with Crippen molar-refractivity contribution in [2.75, 3.05) is 13.2 Å². The molecular weight excluding hydrogens is 368 g/mol. The van der Waals surface area contributed by atoms with E-state index >= 15 is 0 Å². The van der Waals surface area contributed by atoms with E-state index in [-0.39, 0.29) is 6.04 Å². The first-order valence-electron chi connectivity index (χ1n) is 10.2. The Balaban J connectivity index is 1.77. The first-order chi connectivity index (χ1) is 13.9. The van der Waals surface area contributed by atoms with Gasteiger partial charge in [-0.15, -0.1) is 0 Å². The number of unbranched alkanes of at least 4 members (excludes halogenated alkanes) is 1. The Hall–Kier alpha value is -2.67. The molecule has 0 bridgehead atoms. The lowest BCUT2D eigenvalue weighted by Gasteiger charge is -2.25. The van der Waals surface area contributed by atoms with Crippen LogP contribution in [0.25, 0.3) is 21.9 Å². The Labute approximate surface area is 171 Å². The monoisotopic (exact) mass is 398 g/mol. The number of para-hydroxylation sites is 1. The average molecular weight is 399 g/mol. The van der Waals surface area contributed by atoms with Crippen LogP contribution in [0.15, 0.2) is 36.8 Å². The van der Waals surface area contributed by atoms with Crippen molar-refractivity contribution in [1.82, 2.24) is 19.9 Å². The lowest BCUT2D eigenvalue weighted by molar-refractivity contribution is 0.110. The number of imidazole rings is 1. The third-order valence-electron chi connectivity index (χ3n) is 5.25. The maximum atomic E-state index is 10.9. The number of pyridine rings is 1. The van der Waals surface area contributed by atoms with Gasteiger partial charge in [0.2, 0.25) is 0 Å². The number of fused-ring (bicyclic) bond motifs is 3. The van der Waals surface area contributed by atoms with Crippen molar-refractivity contribution in [1.29, 1.82) is 0 Å². The molecular formula is C22H30N4O3. The lowest BCUT2D eigenvalue weighted by Crippen LogP contribution is -2.42. The molecule has 3 aromatic rings. The molecule has 0 aliphatic rings. The summed E-state index contributed by atoms with van der Waals surface area (Å²) in [5.74, 6) is 0. The lowest BCUT2D eigenvalue weighted by atomic mass is 9.96. The number of hydrogen-bond donors (Lipinski definition) is 2. The number of carboxylic acid groups (broad SMARTS) is 1. The van der Waals surface area contributed by atoms with Crippen LogP contribution >= 0.6 is 0 Å². The van der Waals surface area contributed by atoms with Gasteiger partial charge in [0.05, 0.1) is 36.2 Å². The van der Waals surface area contributed by atoms with Gasteiger partial charge in [0, 0.05) is 17.5 Å². The van der Waals surface area contributed by atoms with E-state index in [1.54, 1.807) is 0 Å². The van der Waals surface area contributed by atoms with E-state index in [0.717, 1.165) is 47.6 Å². The zero-order valence-corrected chi connectivity index (χ0v) is 17.4. The fourth-order valence-electron chi connectivity index (χ4n) is 3.80. The van der Waals surface area contributed by atoms with Gasteiger partial charge in [0.25, 0.3) is 0 Å². The second kappa shape index (κ2) is 9.22. The molecule has 156 valence electrons. The molecule has 0 radical (unpaired) electrons. The highest BCUT2D eigenvalue weighted by Gasteiger charge is 2.21. The first kappa shape index (κ1) is 21.0. The molecule has 7 heteroatoms. The van der Waals surface area contributed by atoms with Crippen molar-refractivity contribution in [2.45, 2.75) is 58.0 Å². The zero-order valence-electron chi connectivity index (χ0n) is 17.4. The van der Waals surface area contributed by atoms with Crippen LogP contribution in [0, 0.1) is 0 Å². The molecule has 0 aliphatic heterocycles. The van der Waals surface area contributed by atoms with Crippen LogP contribution in [0.1, 0.15) is 52.5 Å². The van der Waals surface area contributed by atoms with Gasteiger partial charge in [-0.1, -0.05) is 31.0 Å². The highest BCUT2D eigenvalue weighted by Crippen LogP contribution is 2.28. The predicted octanol–water partition coefficient (Wildman–Crippen LogP) is 4.77. The Bertz CT molecular complexity index is 967. The molecule has 0 spiro atoms. The summed E-state index contributed by atoms with van der Waals surface area (Å²) in [7, 11) is 0. The van der Waals surface area contributed by atoms with Gasteiger partial charge in [-0.05, 0) is 39.7 Å². The zero-order chi connectivity index (χ0) is 20.9. The van der Waals surface area contributed by atoms with E-state index in [9.17, 15) is 4.79 Å². The predicted molar refractivity (Wildman–Crippen MR) is 114 cm³/mol. The van der Waals surface area contributed by atoms with Crippen LogP contribution in [0.4, 0.5) is 4.79 Å². The van der Waals surface area contributed by atoms with Crippen molar-refractivity contribution < 1.29 is 14.6 Å². The average Bonchev–Trinajstić information content (AvgIpc) is 3.11. The van der Waals surface area contributed by atoms with Crippen molar-refractivity contribution in [3.8, 4) is 0 Å². The van der Waals surface area contributed by atoms with E-state index in [1.807, 2.05) is 51.5 Å². The molecule has 2 N–H and O–H groups in total. The Kier molecular flexibility index (Phi) is 6.69. The van der Waals surface area contributed by atoms with E-state index in [1.165, 1.54) is 0 Å². The Morgan fingerprint density at radius 3 is 2.79 bits per heavy atom. The summed E-state index contributed by atoms with van der Waals surface area (Å²) >= 11 is 0. The van der Waals surface area contributed by atoms with E-state index in [0.29, 0.717) is 13.2 Å². The molecule has 0 saturated heterocycles. The fraction of sp³-hybridized carbons (Fsp3) is 0.500. The quantitative estimate of drug-likeness (QED) is 0.480. The van der Waals surface area contributed by atoms with Gasteiger partial charge in [-0.25, -0.2) is 9.78 Å². The molecule has 7 nitrogen and oxygen atoms in total. The number of ether oxygens (including phenoxy) is 1. The van der Waals surface area contributed by atoms with Gasteiger partial charge in [0.1, 0.15) is 5.52 Å². The maximum absolute atomic E-state index is 10.9. The SMILES string of the molecule is CCOC[C@H](CCCCC(C)(C)NC(=O)O)n1cnc2cnc3ccccc3c21. The molecule has 1 aromatic carbocycles. The molecule has 0 unspecified atom stereocenters. The Morgan fingerprint density at radius 2 is 2.03 bits per heavy atom. The summed E-state index contributed by atoms with van der Waals surface area (Å²) in [4.78, 5) is 20.0. The maximum Gasteiger partial charge on any atom is 0.405 e. The van der Waals surface area contributed by atoms with Gasteiger partial charge in [-0.3, -0.25) is 4.98 Å². The van der Waals surface area contributed by atoms with Crippen molar-refractivity contribution in [3.63, 3.8) is 0 Å². The summed E-state index contributed by atoms with van der Waals surface area (Å²) in [5.41, 5.74) is 2.51. The third kappa shape index (κ3) is 5.23. The van der Waals surface area contributed by atoms with E-state index in [4.69, 9.17) is 9.84 Å². The van der Waals surface area contributed by atoms with Crippen LogP contribution in [0.2, 0.25) is 0 Å². The molecule has 3 rings (SSSR count). The largest absolute Gasteiger partial charge is 0.465 e. The van der Waals surface area contributed by atoms with E-state index in [2.05, 4.69) is 25.9 Å². The smallest absolute Gasteiger partial charge is 0.405 e. The van der Waals surface area contributed by atoms with E-state index < -0.39 is 11.6 Å². The molecule has 1 atom stereocenters. The number of amides is 1. The molecule has 0 aliphatic carbocycles. The summed E-state index contributed by atoms with van der Waals surface area (Å²) in [6, 6.07) is 8.28. The van der Waals surface area contributed by atoms with Crippen LogP contribution in [-0.2, 0) is 4.74 Å². The van der Waals surface area contributed by atoms with Crippen LogP contribution < -0.4 is 5.32 Å². The number of nitrogens with zero attached hydrogens (tertiary/aromatic N) is 3. The summed E-state index contributed by atoms with van der Waals surface area (Å²) in [6.45, 7) is 7.13.